The van der Waals surface area contributed by atoms with E-state index in [1.165, 1.54) is 38.8 Å². The van der Waals surface area contributed by atoms with Crippen molar-refractivity contribution >= 4 is 0 Å². The molecular weight excluding hydrogens is 176 g/mol. The van der Waals surface area contributed by atoms with Crippen molar-refractivity contribution in [2.75, 3.05) is 33.4 Å². The lowest BCUT2D eigenvalue weighted by Gasteiger charge is -2.22. The molecule has 2 aliphatic rings. The highest BCUT2D eigenvalue weighted by Crippen LogP contribution is 2.18. The highest BCUT2D eigenvalue weighted by molar-refractivity contribution is 4.81. The Kier molecular flexibility index (Phi) is 3.79. The summed E-state index contributed by atoms with van der Waals surface area (Å²) in [4.78, 5) is 2.45. The summed E-state index contributed by atoms with van der Waals surface area (Å²) >= 11 is 0. The fourth-order valence-corrected chi connectivity index (χ4v) is 1.97. The molecule has 0 bridgehead atoms. The zero-order valence-electron chi connectivity index (χ0n) is 9.17. The van der Waals surface area contributed by atoms with Crippen LogP contribution in [0.25, 0.3) is 0 Å². The van der Waals surface area contributed by atoms with Crippen molar-refractivity contribution in [2.24, 2.45) is 0 Å². The van der Waals surface area contributed by atoms with Gasteiger partial charge in [0, 0.05) is 18.7 Å². The van der Waals surface area contributed by atoms with E-state index in [-0.39, 0.29) is 0 Å². The van der Waals surface area contributed by atoms with E-state index in [1.807, 2.05) is 0 Å². The van der Waals surface area contributed by atoms with Crippen LogP contribution in [-0.4, -0.2) is 50.3 Å². The maximum Gasteiger partial charge on any atom is 0.0622 e. The van der Waals surface area contributed by atoms with Crippen LogP contribution in [-0.2, 0) is 4.74 Å². The molecule has 0 aromatic rings. The monoisotopic (exact) mass is 198 g/mol. The fraction of sp³-hybridized carbons (Fsp3) is 1.00. The van der Waals surface area contributed by atoms with Crippen LogP contribution in [0.3, 0.4) is 0 Å². The van der Waals surface area contributed by atoms with Crippen LogP contribution >= 0.6 is 0 Å². The van der Waals surface area contributed by atoms with Crippen molar-refractivity contribution in [1.29, 1.82) is 0 Å². The van der Waals surface area contributed by atoms with Crippen LogP contribution in [0, 0.1) is 0 Å². The van der Waals surface area contributed by atoms with Gasteiger partial charge in [-0.15, -0.1) is 0 Å². The molecule has 2 rings (SSSR count). The molecule has 14 heavy (non-hydrogen) atoms. The molecule has 1 N–H and O–H groups in total. The van der Waals surface area contributed by atoms with Gasteiger partial charge < -0.3 is 15.0 Å². The molecule has 0 spiro atoms. The van der Waals surface area contributed by atoms with Crippen LogP contribution in [0.4, 0.5) is 0 Å². The molecule has 1 heterocycles. The molecule has 1 aliphatic heterocycles. The molecule has 0 aromatic heterocycles. The fourth-order valence-electron chi connectivity index (χ4n) is 1.97. The van der Waals surface area contributed by atoms with Gasteiger partial charge in [0.1, 0.15) is 0 Å². The predicted molar refractivity (Wildman–Crippen MR) is 57.5 cm³/mol. The van der Waals surface area contributed by atoms with E-state index in [9.17, 15) is 0 Å². The zero-order chi connectivity index (χ0) is 9.80. The van der Waals surface area contributed by atoms with E-state index in [4.69, 9.17) is 4.74 Å². The van der Waals surface area contributed by atoms with Crippen LogP contribution in [0.15, 0.2) is 0 Å². The number of rotatable bonds is 6. The summed E-state index contributed by atoms with van der Waals surface area (Å²) in [6.45, 7) is 4.28. The first-order chi connectivity index (χ1) is 6.86. The van der Waals surface area contributed by atoms with Crippen LogP contribution in [0.1, 0.15) is 25.7 Å². The highest BCUT2D eigenvalue weighted by Gasteiger charge is 2.21. The topological polar surface area (TPSA) is 24.5 Å². The molecule has 3 heteroatoms. The summed E-state index contributed by atoms with van der Waals surface area (Å²) in [7, 11) is 2.22. The van der Waals surface area contributed by atoms with Crippen LogP contribution < -0.4 is 5.32 Å². The van der Waals surface area contributed by atoms with E-state index in [2.05, 4.69) is 17.3 Å². The molecule has 3 nitrogen and oxygen atoms in total. The standard InChI is InChI=1S/C11H22N2O/c1-13(11-5-8-14-9-11)7-2-6-12-10-3-4-10/h10-12H,2-9H2,1H3. The minimum absolute atomic E-state index is 0.677. The normalized spacial score (nSPS) is 27.4. The lowest BCUT2D eigenvalue weighted by molar-refractivity contribution is 0.158. The second-order valence-corrected chi connectivity index (χ2v) is 4.58. The average Bonchev–Trinajstić information content (AvgIpc) is 2.84. The molecule has 0 amide bonds. The quantitative estimate of drug-likeness (QED) is 0.640. The Hall–Kier alpha value is -0.120. The number of hydrogen-bond donors (Lipinski definition) is 1. The van der Waals surface area contributed by atoms with E-state index in [0.717, 1.165) is 19.3 Å². The lowest BCUT2D eigenvalue weighted by Crippen LogP contribution is -2.34. The van der Waals surface area contributed by atoms with Crippen molar-refractivity contribution in [3.05, 3.63) is 0 Å². The molecule has 0 aromatic carbocycles. The Balaban J connectivity index is 1.50. The Morgan fingerprint density at radius 3 is 2.86 bits per heavy atom. The minimum Gasteiger partial charge on any atom is -0.380 e. The summed E-state index contributed by atoms with van der Waals surface area (Å²) in [5, 5.41) is 3.54. The third kappa shape index (κ3) is 3.23. The van der Waals surface area contributed by atoms with E-state index >= 15 is 0 Å². The first-order valence-electron chi connectivity index (χ1n) is 5.87. The predicted octanol–water partition coefficient (Wildman–Crippen LogP) is 0.849. The van der Waals surface area contributed by atoms with Gasteiger partial charge in [0.2, 0.25) is 0 Å². The average molecular weight is 198 g/mol. The first kappa shape index (κ1) is 10.4. The number of nitrogens with one attached hydrogen (secondary N) is 1. The van der Waals surface area contributed by atoms with E-state index < -0.39 is 0 Å². The van der Waals surface area contributed by atoms with Crippen molar-refractivity contribution in [3.63, 3.8) is 0 Å². The van der Waals surface area contributed by atoms with Gasteiger partial charge in [-0.2, -0.15) is 0 Å². The summed E-state index contributed by atoms with van der Waals surface area (Å²) in [6, 6.07) is 1.53. The Morgan fingerprint density at radius 1 is 1.36 bits per heavy atom. The van der Waals surface area contributed by atoms with Crippen molar-refractivity contribution in [2.45, 2.75) is 37.8 Å². The van der Waals surface area contributed by atoms with Gasteiger partial charge in [-0.1, -0.05) is 0 Å². The van der Waals surface area contributed by atoms with Gasteiger partial charge in [-0.3, -0.25) is 0 Å². The molecule has 2 fully saturated rings. The van der Waals surface area contributed by atoms with Gasteiger partial charge in [-0.05, 0) is 45.8 Å². The van der Waals surface area contributed by atoms with Crippen LogP contribution in [0.2, 0.25) is 0 Å². The maximum absolute atomic E-state index is 5.38. The second-order valence-electron chi connectivity index (χ2n) is 4.58. The highest BCUT2D eigenvalue weighted by atomic mass is 16.5. The van der Waals surface area contributed by atoms with E-state index in [1.54, 1.807) is 0 Å². The van der Waals surface area contributed by atoms with Crippen molar-refractivity contribution in [3.8, 4) is 0 Å². The molecular formula is C11H22N2O. The Labute approximate surface area is 86.8 Å². The van der Waals surface area contributed by atoms with Gasteiger partial charge in [-0.25, -0.2) is 0 Å². The molecule has 82 valence electrons. The number of nitrogens with zero attached hydrogens (tertiary/aromatic N) is 1. The number of hydrogen-bond acceptors (Lipinski definition) is 3. The summed E-state index contributed by atoms with van der Waals surface area (Å²) < 4.78 is 5.38. The van der Waals surface area contributed by atoms with Gasteiger partial charge in [0.25, 0.3) is 0 Å². The maximum atomic E-state index is 5.38. The number of ether oxygens (including phenoxy) is 1. The van der Waals surface area contributed by atoms with Crippen molar-refractivity contribution in [1.82, 2.24) is 10.2 Å². The number of likely N-dealkylation sites (N-methyl/N-ethyl adjacent to an activating group) is 1. The van der Waals surface area contributed by atoms with Gasteiger partial charge >= 0.3 is 0 Å². The van der Waals surface area contributed by atoms with Gasteiger partial charge in [0.15, 0.2) is 0 Å². The lowest BCUT2D eigenvalue weighted by atomic mass is 10.2. The first-order valence-corrected chi connectivity index (χ1v) is 5.87. The molecule has 1 atom stereocenters. The van der Waals surface area contributed by atoms with Crippen LogP contribution in [0.5, 0.6) is 0 Å². The third-order valence-corrected chi connectivity index (χ3v) is 3.23. The Morgan fingerprint density at radius 2 is 2.21 bits per heavy atom. The molecule has 1 unspecified atom stereocenters. The summed E-state index contributed by atoms with van der Waals surface area (Å²) in [5.41, 5.74) is 0. The van der Waals surface area contributed by atoms with Crippen molar-refractivity contribution < 1.29 is 4.74 Å². The largest absolute Gasteiger partial charge is 0.380 e. The summed E-state index contributed by atoms with van der Waals surface area (Å²) in [5.74, 6) is 0. The summed E-state index contributed by atoms with van der Waals surface area (Å²) in [6.07, 6.45) is 5.27. The molecule has 0 radical (unpaired) electrons. The third-order valence-electron chi connectivity index (χ3n) is 3.23. The molecule has 1 saturated carbocycles. The van der Waals surface area contributed by atoms with E-state index in [0.29, 0.717) is 6.04 Å². The van der Waals surface area contributed by atoms with Gasteiger partial charge in [0.05, 0.1) is 6.61 Å². The molecule has 1 aliphatic carbocycles. The Bertz CT molecular complexity index is 165. The molecule has 1 saturated heterocycles. The smallest absolute Gasteiger partial charge is 0.0622 e. The minimum atomic E-state index is 0.677. The SMILES string of the molecule is CN(CCCNC1CC1)C1CCOC1. The second kappa shape index (κ2) is 5.10. The zero-order valence-corrected chi connectivity index (χ0v) is 9.17.